The van der Waals surface area contributed by atoms with E-state index in [4.69, 9.17) is 0 Å². The molecule has 5 nitrogen and oxygen atoms in total. The largest absolute Gasteiger partial charge is 0.352 e. The topological polar surface area (TPSA) is 57.3 Å². The lowest BCUT2D eigenvalue weighted by Gasteiger charge is -2.11. The Hall–Kier alpha value is -2.61. The number of hydrogen-bond acceptors (Lipinski definition) is 4. The van der Waals surface area contributed by atoms with Crippen LogP contribution in [0, 0.1) is 17.5 Å². The van der Waals surface area contributed by atoms with Gasteiger partial charge in [0.2, 0.25) is 0 Å². The van der Waals surface area contributed by atoms with Crippen LogP contribution in [-0.4, -0.2) is 43.0 Å². The number of carbonyl (C=O) groups excluding carboxylic acids is 1. The number of pyridine rings is 1. The van der Waals surface area contributed by atoms with E-state index < -0.39 is 17.5 Å². The van der Waals surface area contributed by atoms with E-state index >= 15 is 0 Å². The van der Waals surface area contributed by atoms with Gasteiger partial charge in [-0.3, -0.25) is 4.79 Å². The van der Waals surface area contributed by atoms with Gasteiger partial charge in [0.15, 0.2) is 17.5 Å². The molecule has 2 N–H and O–H groups in total. The van der Waals surface area contributed by atoms with E-state index in [2.05, 4.69) is 15.6 Å². The summed E-state index contributed by atoms with van der Waals surface area (Å²) in [6, 6.07) is 4.84. The monoisotopic (exact) mass is 338 g/mol. The highest BCUT2D eigenvalue weighted by molar-refractivity contribution is 5.92. The maximum atomic E-state index is 13.6. The molecule has 1 heterocycles. The predicted molar refractivity (Wildman–Crippen MR) is 84.7 cm³/mol. The van der Waals surface area contributed by atoms with Crippen LogP contribution in [0.25, 0.3) is 0 Å². The molecule has 1 amide bonds. The van der Waals surface area contributed by atoms with Crippen molar-refractivity contribution in [3.05, 3.63) is 53.6 Å². The number of amides is 1. The molecule has 1 aromatic heterocycles. The van der Waals surface area contributed by atoms with Crippen molar-refractivity contribution >= 4 is 17.3 Å². The van der Waals surface area contributed by atoms with E-state index in [9.17, 15) is 18.0 Å². The van der Waals surface area contributed by atoms with Gasteiger partial charge >= 0.3 is 0 Å². The first kappa shape index (κ1) is 17.7. The van der Waals surface area contributed by atoms with Crippen LogP contribution >= 0.6 is 0 Å². The SMILES string of the molecule is CN(C)CCNC(=O)c1ccc(Nc2ccc(F)c(F)c2F)cn1. The highest BCUT2D eigenvalue weighted by atomic mass is 19.2. The van der Waals surface area contributed by atoms with Gasteiger partial charge in [-0.05, 0) is 38.4 Å². The van der Waals surface area contributed by atoms with Gasteiger partial charge in [0, 0.05) is 13.1 Å². The fraction of sp³-hybridized carbons (Fsp3) is 0.250. The molecule has 0 fully saturated rings. The number of halogens is 3. The summed E-state index contributed by atoms with van der Waals surface area (Å²) in [7, 11) is 3.78. The summed E-state index contributed by atoms with van der Waals surface area (Å²) in [6.45, 7) is 1.17. The number of aromatic nitrogens is 1. The first-order valence-electron chi connectivity index (χ1n) is 7.18. The first-order chi connectivity index (χ1) is 11.4. The van der Waals surface area contributed by atoms with Crippen LogP contribution in [0.5, 0.6) is 0 Å². The number of benzene rings is 1. The Morgan fingerprint density at radius 3 is 2.50 bits per heavy atom. The Morgan fingerprint density at radius 1 is 1.12 bits per heavy atom. The van der Waals surface area contributed by atoms with E-state index in [1.54, 1.807) is 0 Å². The van der Waals surface area contributed by atoms with Gasteiger partial charge in [-0.1, -0.05) is 0 Å². The highest BCUT2D eigenvalue weighted by Gasteiger charge is 2.14. The quantitative estimate of drug-likeness (QED) is 0.795. The second kappa shape index (κ2) is 7.78. The molecular formula is C16H17F3N4O. The number of nitrogens with zero attached hydrogens (tertiary/aromatic N) is 2. The van der Waals surface area contributed by atoms with Crippen LogP contribution < -0.4 is 10.6 Å². The lowest BCUT2D eigenvalue weighted by molar-refractivity contribution is 0.0946. The molecule has 0 bridgehead atoms. The van der Waals surface area contributed by atoms with E-state index in [-0.39, 0.29) is 17.3 Å². The molecule has 0 atom stereocenters. The van der Waals surface area contributed by atoms with Crippen molar-refractivity contribution in [2.75, 3.05) is 32.5 Å². The van der Waals surface area contributed by atoms with Gasteiger partial charge in [-0.15, -0.1) is 0 Å². The maximum absolute atomic E-state index is 13.6. The zero-order valence-electron chi connectivity index (χ0n) is 13.2. The van der Waals surface area contributed by atoms with Crippen LogP contribution in [0.2, 0.25) is 0 Å². The number of rotatable bonds is 6. The number of anilines is 2. The van der Waals surface area contributed by atoms with Crippen molar-refractivity contribution in [3.63, 3.8) is 0 Å². The molecule has 0 aliphatic heterocycles. The van der Waals surface area contributed by atoms with Gasteiger partial charge in [-0.25, -0.2) is 18.2 Å². The summed E-state index contributed by atoms with van der Waals surface area (Å²) in [4.78, 5) is 17.8. The maximum Gasteiger partial charge on any atom is 0.269 e. The van der Waals surface area contributed by atoms with Gasteiger partial charge in [0.1, 0.15) is 5.69 Å². The van der Waals surface area contributed by atoms with Gasteiger partial charge < -0.3 is 15.5 Å². The molecule has 0 aliphatic carbocycles. The molecular weight excluding hydrogens is 321 g/mol. The summed E-state index contributed by atoms with van der Waals surface area (Å²) in [6.07, 6.45) is 1.31. The third-order valence-electron chi connectivity index (χ3n) is 3.15. The summed E-state index contributed by atoms with van der Waals surface area (Å²) < 4.78 is 39.7. The van der Waals surface area contributed by atoms with E-state index in [0.717, 1.165) is 12.1 Å². The Labute approximate surface area is 137 Å². The smallest absolute Gasteiger partial charge is 0.269 e. The Bertz CT molecular complexity index is 720. The number of likely N-dealkylation sites (N-methyl/N-ethyl adjacent to an activating group) is 1. The Balaban J connectivity index is 2.02. The van der Waals surface area contributed by atoms with Crippen LogP contribution in [0.1, 0.15) is 10.5 Å². The fourth-order valence-electron chi connectivity index (χ4n) is 1.86. The van der Waals surface area contributed by atoms with Crippen molar-refractivity contribution in [1.82, 2.24) is 15.2 Å². The van der Waals surface area contributed by atoms with Gasteiger partial charge in [-0.2, -0.15) is 0 Å². The molecule has 24 heavy (non-hydrogen) atoms. The second-order valence-corrected chi connectivity index (χ2v) is 5.34. The number of carbonyl (C=O) groups is 1. The summed E-state index contributed by atoms with van der Waals surface area (Å²) in [5, 5.41) is 5.29. The molecule has 0 aliphatic rings. The average Bonchev–Trinajstić information content (AvgIpc) is 2.55. The molecule has 0 unspecified atom stereocenters. The van der Waals surface area contributed by atoms with E-state index in [0.29, 0.717) is 18.8 Å². The minimum absolute atomic E-state index is 0.199. The Kier molecular flexibility index (Phi) is 5.75. The molecule has 8 heteroatoms. The standard InChI is InChI=1S/C16H17F3N4O/c1-23(2)8-7-20-16(24)13-5-3-10(9-21-13)22-12-6-4-11(17)14(18)15(12)19/h3-6,9,22H,7-8H2,1-2H3,(H,20,24). The van der Waals surface area contributed by atoms with Crippen LogP contribution in [0.3, 0.4) is 0 Å². The van der Waals surface area contributed by atoms with Crippen molar-refractivity contribution in [1.29, 1.82) is 0 Å². The molecule has 1 aromatic carbocycles. The van der Waals surface area contributed by atoms with Crippen LogP contribution in [0.15, 0.2) is 30.5 Å². The van der Waals surface area contributed by atoms with E-state index in [1.165, 1.54) is 18.3 Å². The molecule has 2 aromatic rings. The van der Waals surface area contributed by atoms with Crippen LogP contribution in [-0.2, 0) is 0 Å². The second-order valence-electron chi connectivity index (χ2n) is 5.34. The normalized spacial score (nSPS) is 10.8. The van der Waals surface area contributed by atoms with Crippen molar-refractivity contribution in [3.8, 4) is 0 Å². The molecule has 2 rings (SSSR count). The van der Waals surface area contributed by atoms with E-state index in [1.807, 2.05) is 19.0 Å². The minimum atomic E-state index is -1.55. The number of hydrogen-bond donors (Lipinski definition) is 2. The zero-order chi connectivity index (χ0) is 17.7. The summed E-state index contributed by atoms with van der Waals surface area (Å²) in [5.74, 6) is -4.46. The Morgan fingerprint density at radius 2 is 1.88 bits per heavy atom. The van der Waals surface area contributed by atoms with Crippen LogP contribution in [0.4, 0.5) is 24.5 Å². The fourth-order valence-corrected chi connectivity index (χ4v) is 1.86. The lowest BCUT2D eigenvalue weighted by atomic mass is 10.2. The number of nitrogens with one attached hydrogen (secondary N) is 2. The summed E-state index contributed by atoms with van der Waals surface area (Å²) >= 11 is 0. The van der Waals surface area contributed by atoms with Crippen molar-refractivity contribution < 1.29 is 18.0 Å². The molecule has 0 saturated heterocycles. The van der Waals surface area contributed by atoms with Gasteiger partial charge in [0.05, 0.1) is 17.6 Å². The molecule has 128 valence electrons. The molecule has 0 spiro atoms. The zero-order valence-corrected chi connectivity index (χ0v) is 13.2. The van der Waals surface area contributed by atoms with Crippen molar-refractivity contribution in [2.45, 2.75) is 0 Å². The molecule has 0 saturated carbocycles. The third-order valence-corrected chi connectivity index (χ3v) is 3.15. The predicted octanol–water partition coefficient (Wildman–Crippen LogP) is 2.53. The lowest BCUT2D eigenvalue weighted by Crippen LogP contribution is -2.31. The van der Waals surface area contributed by atoms with Crippen molar-refractivity contribution in [2.24, 2.45) is 0 Å². The van der Waals surface area contributed by atoms with Gasteiger partial charge in [0.25, 0.3) is 5.91 Å². The summed E-state index contributed by atoms with van der Waals surface area (Å²) in [5.41, 5.74) is 0.314. The first-order valence-corrected chi connectivity index (χ1v) is 7.18. The third kappa shape index (κ3) is 4.45. The minimum Gasteiger partial charge on any atom is -0.352 e. The average molecular weight is 338 g/mol. The molecule has 0 radical (unpaired) electrons. The highest BCUT2D eigenvalue weighted by Crippen LogP contribution is 2.23.